The molecule has 1 amide bonds. The first-order valence-corrected chi connectivity index (χ1v) is 11.7. The lowest BCUT2D eigenvalue weighted by Gasteiger charge is -2.27. The minimum atomic E-state index is -3.68. The van der Waals surface area contributed by atoms with Gasteiger partial charge in [-0.15, -0.1) is 0 Å². The molecule has 1 aliphatic heterocycles. The van der Waals surface area contributed by atoms with Gasteiger partial charge in [-0.05, 0) is 29.8 Å². The van der Waals surface area contributed by atoms with E-state index in [4.69, 9.17) is 13.9 Å². The van der Waals surface area contributed by atoms with Gasteiger partial charge in [-0.25, -0.2) is 8.42 Å². The van der Waals surface area contributed by atoms with Crippen LogP contribution >= 0.6 is 0 Å². The Hall–Kier alpha value is -3.14. The summed E-state index contributed by atoms with van der Waals surface area (Å²) in [5.41, 5.74) is 1.10. The van der Waals surface area contributed by atoms with E-state index in [0.29, 0.717) is 43.2 Å². The molecule has 1 N–H and O–H groups in total. The molecule has 8 nitrogen and oxygen atoms in total. The molecule has 1 aromatic heterocycles. The number of ether oxygens (including phenoxy) is 2. The average Bonchev–Trinajstić information content (AvgIpc) is 3.31. The molecule has 32 heavy (non-hydrogen) atoms. The van der Waals surface area contributed by atoms with Gasteiger partial charge in [0.15, 0.2) is 5.76 Å². The quantitative estimate of drug-likeness (QED) is 0.560. The monoisotopic (exact) mass is 456 g/mol. The molecule has 0 unspecified atom stereocenters. The van der Waals surface area contributed by atoms with Crippen molar-refractivity contribution >= 4 is 15.9 Å². The number of nitrogens with zero attached hydrogens (tertiary/aromatic N) is 1. The number of morpholine rings is 1. The van der Waals surface area contributed by atoms with Gasteiger partial charge in [0, 0.05) is 25.2 Å². The summed E-state index contributed by atoms with van der Waals surface area (Å²) in [4.78, 5) is 12.9. The van der Waals surface area contributed by atoms with Crippen LogP contribution in [0.25, 0.3) is 0 Å². The second kappa shape index (κ2) is 9.99. The molecular weight excluding hydrogens is 432 g/mol. The summed E-state index contributed by atoms with van der Waals surface area (Å²) in [5, 5.41) is 2.76. The van der Waals surface area contributed by atoms with E-state index in [0.717, 1.165) is 0 Å². The van der Waals surface area contributed by atoms with Crippen molar-refractivity contribution in [3.05, 3.63) is 83.8 Å². The average molecular weight is 457 g/mol. The summed E-state index contributed by atoms with van der Waals surface area (Å²) in [5.74, 6) is 0.372. The second-order valence-electron chi connectivity index (χ2n) is 7.18. The van der Waals surface area contributed by atoms with Crippen LogP contribution in [0.1, 0.15) is 21.7 Å². The summed E-state index contributed by atoms with van der Waals surface area (Å²) < 4.78 is 43.9. The number of carbonyl (C=O) groups excluding carboxylic acids is 1. The van der Waals surface area contributed by atoms with Crippen LogP contribution in [0.2, 0.25) is 0 Å². The van der Waals surface area contributed by atoms with E-state index in [1.165, 1.54) is 10.6 Å². The largest absolute Gasteiger partial charge is 0.489 e. The fourth-order valence-electron chi connectivity index (χ4n) is 3.41. The zero-order valence-corrected chi connectivity index (χ0v) is 18.2. The van der Waals surface area contributed by atoms with E-state index >= 15 is 0 Å². The molecule has 1 saturated heterocycles. The minimum absolute atomic E-state index is 0.0399. The summed E-state index contributed by atoms with van der Waals surface area (Å²) in [7, 11) is -3.68. The molecule has 4 rings (SSSR count). The topological polar surface area (TPSA) is 98.1 Å². The van der Waals surface area contributed by atoms with Crippen LogP contribution in [0.4, 0.5) is 0 Å². The summed E-state index contributed by atoms with van der Waals surface area (Å²) in [6.45, 7) is 1.55. The number of nitrogens with one attached hydrogen (secondary N) is 1. The summed E-state index contributed by atoms with van der Waals surface area (Å²) >= 11 is 0. The highest BCUT2D eigenvalue weighted by atomic mass is 32.2. The highest BCUT2D eigenvalue weighted by Crippen LogP contribution is 2.22. The molecule has 0 bridgehead atoms. The summed E-state index contributed by atoms with van der Waals surface area (Å²) in [6, 6.07) is 17.6. The molecule has 3 aromatic rings. The van der Waals surface area contributed by atoms with Crippen LogP contribution in [-0.4, -0.2) is 44.9 Å². The lowest BCUT2D eigenvalue weighted by Crippen LogP contribution is -2.41. The standard InChI is InChI=1S/C23H24N2O6S/c26-23(22-19(10-13-30-22)17-31-20-7-2-1-3-8-20)24-16-18-6-4-5-9-21(18)32(27,28)25-11-14-29-15-12-25/h1-10,13H,11-12,14-17H2,(H,24,26). The minimum Gasteiger partial charge on any atom is -0.489 e. The molecule has 168 valence electrons. The Morgan fingerprint density at radius 2 is 1.69 bits per heavy atom. The van der Waals surface area contributed by atoms with Gasteiger partial charge in [0.05, 0.1) is 24.4 Å². The van der Waals surface area contributed by atoms with Crippen molar-refractivity contribution in [1.29, 1.82) is 0 Å². The number of hydrogen-bond acceptors (Lipinski definition) is 6. The number of furan rings is 1. The van der Waals surface area contributed by atoms with Gasteiger partial charge in [-0.1, -0.05) is 36.4 Å². The van der Waals surface area contributed by atoms with Gasteiger partial charge < -0.3 is 19.2 Å². The van der Waals surface area contributed by atoms with Crippen LogP contribution in [0.15, 0.2) is 76.2 Å². The van der Waals surface area contributed by atoms with Crippen LogP contribution in [0, 0.1) is 0 Å². The number of para-hydroxylation sites is 1. The van der Waals surface area contributed by atoms with Gasteiger partial charge in [0.1, 0.15) is 12.4 Å². The normalized spacial score (nSPS) is 14.8. The lowest BCUT2D eigenvalue weighted by molar-refractivity contribution is 0.0730. The Kier molecular flexibility index (Phi) is 6.89. The molecule has 9 heteroatoms. The maximum Gasteiger partial charge on any atom is 0.287 e. The van der Waals surface area contributed by atoms with Crippen molar-refractivity contribution in [1.82, 2.24) is 9.62 Å². The van der Waals surface area contributed by atoms with Crippen LogP contribution in [0.3, 0.4) is 0 Å². The summed E-state index contributed by atoms with van der Waals surface area (Å²) in [6.07, 6.45) is 1.43. The van der Waals surface area contributed by atoms with Gasteiger partial charge in [0.25, 0.3) is 5.91 Å². The number of sulfonamides is 1. The molecule has 0 radical (unpaired) electrons. The molecule has 0 aliphatic carbocycles. The molecule has 1 aliphatic rings. The number of hydrogen-bond donors (Lipinski definition) is 1. The van der Waals surface area contributed by atoms with E-state index < -0.39 is 15.9 Å². The van der Waals surface area contributed by atoms with Crippen molar-refractivity contribution in [2.45, 2.75) is 18.0 Å². The molecule has 0 spiro atoms. The van der Waals surface area contributed by atoms with Gasteiger partial charge in [-0.2, -0.15) is 4.31 Å². The highest BCUT2D eigenvalue weighted by Gasteiger charge is 2.28. The van der Waals surface area contributed by atoms with E-state index in [2.05, 4.69) is 5.32 Å². The molecule has 0 saturated carbocycles. The second-order valence-corrected chi connectivity index (χ2v) is 9.09. The van der Waals surface area contributed by atoms with Crippen molar-refractivity contribution in [3.8, 4) is 5.75 Å². The number of benzene rings is 2. The van der Waals surface area contributed by atoms with Crippen molar-refractivity contribution in [2.24, 2.45) is 0 Å². The fourth-order valence-corrected chi connectivity index (χ4v) is 5.04. The van der Waals surface area contributed by atoms with Crippen LogP contribution in [0.5, 0.6) is 5.75 Å². The van der Waals surface area contributed by atoms with Crippen LogP contribution < -0.4 is 10.1 Å². The smallest absolute Gasteiger partial charge is 0.287 e. The van der Waals surface area contributed by atoms with Gasteiger partial charge in [0.2, 0.25) is 10.0 Å². The highest BCUT2D eigenvalue weighted by molar-refractivity contribution is 7.89. The molecule has 2 aromatic carbocycles. The first-order chi connectivity index (χ1) is 15.6. The van der Waals surface area contributed by atoms with Gasteiger partial charge in [-0.3, -0.25) is 4.79 Å². The first kappa shape index (κ1) is 22.1. The molecular formula is C23H24N2O6S. The van der Waals surface area contributed by atoms with Crippen molar-refractivity contribution < 1.29 is 27.1 Å². The zero-order valence-electron chi connectivity index (χ0n) is 17.4. The molecule has 0 atom stereocenters. The Labute approximate surface area is 186 Å². The Bertz CT molecular complexity index is 1150. The van der Waals surface area contributed by atoms with E-state index in [1.807, 2.05) is 30.3 Å². The van der Waals surface area contributed by atoms with Crippen LogP contribution in [-0.2, 0) is 27.9 Å². The van der Waals surface area contributed by atoms with E-state index in [1.54, 1.807) is 30.3 Å². The van der Waals surface area contributed by atoms with E-state index in [-0.39, 0.29) is 23.8 Å². The molecule has 1 fully saturated rings. The third-order valence-corrected chi connectivity index (χ3v) is 7.09. The zero-order chi connectivity index (χ0) is 22.4. The maximum atomic E-state index is 13.1. The maximum absolute atomic E-state index is 13.1. The third-order valence-electron chi connectivity index (χ3n) is 5.09. The number of carbonyl (C=O) groups is 1. The number of rotatable bonds is 8. The Morgan fingerprint density at radius 1 is 0.969 bits per heavy atom. The van der Waals surface area contributed by atoms with Crippen molar-refractivity contribution in [2.75, 3.05) is 26.3 Å². The fraction of sp³-hybridized carbons (Fsp3) is 0.261. The number of amides is 1. The SMILES string of the molecule is O=C(NCc1ccccc1S(=O)(=O)N1CCOCC1)c1occc1COc1ccccc1. The molecule has 2 heterocycles. The van der Waals surface area contributed by atoms with Crippen molar-refractivity contribution in [3.63, 3.8) is 0 Å². The van der Waals surface area contributed by atoms with Gasteiger partial charge >= 0.3 is 0 Å². The Morgan fingerprint density at radius 3 is 2.47 bits per heavy atom. The predicted octanol–water partition coefficient (Wildman–Crippen LogP) is 2.81. The van der Waals surface area contributed by atoms with E-state index in [9.17, 15) is 13.2 Å². The first-order valence-electron chi connectivity index (χ1n) is 10.2. The Balaban J connectivity index is 1.44. The predicted molar refractivity (Wildman–Crippen MR) is 117 cm³/mol. The lowest BCUT2D eigenvalue weighted by atomic mass is 10.2. The third kappa shape index (κ3) is 5.01.